The topological polar surface area (TPSA) is 9.23 Å². The van der Waals surface area contributed by atoms with Gasteiger partial charge >= 0.3 is 0 Å². The van der Waals surface area contributed by atoms with Crippen LogP contribution < -0.4 is 0 Å². The van der Waals surface area contributed by atoms with Gasteiger partial charge in [-0.25, -0.2) is 0 Å². The third-order valence-electron chi connectivity index (χ3n) is 1.48. The summed E-state index contributed by atoms with van der Waals surface area (Å²) in [6.45, 7) is 0.925. The largest absolute Gasteiger partial charge is 0.385 e. The molecule has 0 aromatic heterocycles. The highest BCUT2D eigenvalue weighted by atomic mass is 79.9. The first-order valence-corrected chi connectivity index (χ1v) is 5.09. The van der Waals surface area contributed by atoms with E-state index in [-0.39, 0.29) is 0 Å². The van der Waals surface area contributed by atoms with Gasteiger partial charge in [0, 0.05) is 19.0 Å². The van der Waals surface area contributed by atoms with E-state index in [1.807, 2.05) is 0 Å². The summed E-state index contributed by atoms with van der Waals surface area (Å²) in [6, 6.07) is 0. The zero-order valence-corrected chi connectivity index (χ0v) is 8.32. The van der Waals surface area contributed by atoms with Crippen LogP contribution in [-0.2, 0) is 4.74 Å². The standard InChI is InChI=1S/C8H17BrO/c1-10-8-6-4-2-3-5-7-9/h2-8H2,1H3. The van der Waals surface area contributed by atoms with Crippen LogP contribution in [-0.4, -0.2) is 19.0 Å². The van der Waals surface area contributed by atoms with E-state index in [4.69, 9.17) is 4.74 Å². The molecule has 0 saturated carbocycles. The van der Waals surface area contributed by atoms with E-state index in [2.05, 4.69) is 15.9 Å². The van der Waals surface area contributed by atoms with Gasteiger partial charge in [-0.1, -0.05) is 35.2 Å². The predicted octanol–water partition coefficient (Wildman–Crippen LogP) is 2.98. The third kappa shape index (κ3) is 8.44. The van der Waals surface area contributed by atoms with Crippen molar-refractivity contribution in [1.29, 1.82) is 0 Å². The molecule has 0 aliphatic heterocycles. The normalized spacial score (nSPS) is 10.2. The fraction of sp³-hybridized carbons (Fsp3) is 1.00. The molecule has 0 radical (unpaired) electrons. The van der Waals surface area contributed by atoms with Crippen molar-refractivity contribution in [3.05, 3.63) is 0 Å². The van der Waals surface area contributed by atoms with E-state index in [9.17, 15) is 0 Å². The molecule has 2 heteroatoms. The summed E-state index contributed by atoms with van der Waals surface area (Å²) in [5.41, 5.74) is 0. The van der Waals surface area contributed by atoms with Crippen LogP contribution in [0.4, 0.5) is 0 Å². The average Bonchev–Trinajstić information content (AvgIpc) is 1.97. The lowest BCUT2D eigenvalue weighted by atomic mass is 10.2. The molecule has 0 fully saturated rings. The molecule has 0 saturated heterocycles. The minimum absolute atomic E-state index is 0.925. The van der Waals surface area contributed by atoms with Crippen LogP contribution in [0.1, 0.15) is 32.1 Å². The Labute approximate surface area is 72.3 Å². The minimum atomic E-state index is 0.925. The second-order valence-electron chi connectivity index (χ2n) is 2.45. The summed E-state index contributed by atoms with van der Waals surface area (Å²) in [7, 11) is 1.76. The van der Waals surface area contributed by atoms with Crippen LogP contribution in [0.3, 0.4) is 0 Å². The van der Waals surface area contributed by atoms with Crippen LogP contribution >= 0.6 is 15.9 Å². The maximum atomic E-state index is 4.94. The molecule has 0 amide bonds. The molecule has 1 nitrogen and oxygen atoms in total. The van der Waals surface area contributed by atoms with Crippen molar-refractivity contribution >= 4 is 15.9 Å². The number of alkyl halides is 1. The van der Waals surface area contributed by atoms with Crippen molar-refractivity contribution < 1.29 is 4.74 Å². The van der Waals surface area contributed by atoms with Gasteiger partial charge in [0.25, 0.3) is 0 Å². The molecule has 0 bridgehead atoms. The van der Waals surface area contributed by atoms with Crippen molar-refractivity contribution in [2.75, 3.05) is 19.0 Å². The van der Waals surface area contributed by atoms with E-state index >= 15 is 0 Å². The molecular weight excluding hydrogens is 192 g/mol. The summed E-state index contributed by atoms with van der Waals surface area (Å²) < 4.78 is 4.94. The summed E-state index contributed by atoms with van der Waals surface area (Å²) in [5, 5.41) is 1.15. The van der Waals surface area contributed by atoms with Crippen molar-refractivity contribution in [3.63, 3.8) is 0 Å². The van der Waals surface area contributed by atoms with Crippen molar-refractivity contribution in [3.8, 4) is 0 Å². The molecule has 0 aliphatic rings. The molecule has 0 heterocycles. The highest BCUT2D eigenvalue weighted by Crippen LogP contribution is 2.03. The minimum Gasteiger partial charge on any atom is -0.385 e. The van der Waals surface area contributed by atoms with Crippen molar-refractivity contribution in [1.82, 2.24) is 0 Å². The fourth-order valence-electron chi connectivity index (χ4n) is 0.871. The Bertz CT molecular complexity index is 49.2. The molecule has 0 aromatic rings. The van der Waals surface area contributed by atoms with Crippen LogP contribution in [0.25, 0.3) is 0 Å². The summed E-state index contributed by atoms with van der Waals surface area (Å²) in [4.78, 5) is 0. The maximum absolute atomic E-state index is 4.94. The molecule has 0 aliphatic carbocycles. The average molecular weight is 209 g/mol. The summed E-state index contributed by atoms with van der Waals surface area (Å²) in [6.07, 6.45) is 6.57. The number of unbranched alkanes of at least 4 members (excludes halogenated alkanes) is 4. The van der Waals surface area contributed by atoms with Crippen LogP contribution in [0.5, 0.6) is 0 Å². The summed E-state index contributed by atoms with van der Waals surface area (Å²) >= 11 is 3.41. The van der Waals surface area contributed by atoms with Gasteiger partial charge in [-0.05, 0) is 12.8 Å². The van der Waals surface area contributed by atoms with E-state index in [0.717, 1.165) is 11.9 Å². The monoisotopic (exact) mass is 208 g/mol. The number of hydrogen-bond donors (Lipinski definition) is 0. The lowest BCUT2D eigenvalue weighted by Gasteiger charge is -1.98. The Hall–Kier alpha value is 0.440. The number of hydrogen-bond acceptors (Lipinski definition) is 1. The maximum Gasteiger partial charge on any atom is 0.0462 e. The van der Waals surface area contributed by atoms with Gasteiger partial charge in [0.05, 0.1) is 0 Å². The van der Waals surface area contributed by atoms with E-state index < -0.39 is 0 Å². The van der Waals surface area contributed by atoms with Crippen LogP contribution in [0.15, 0.2) is 0 Å². The van der Waals surface area contributed by atoms with Gasteiger partial charge in [0.15, 0.2) is 0 Å². The van der Waals surface area contributed by atoms with E-state index in [0.29, 0.717) is 0 Å². The van der Waals surface area contributed by atoms with Gasteiger partial charge in [-0.15, -0.1) is 0 Å². The molecule has 0 aromatic carbocycles. The predicted molar refractivity (Wildman–Crippen MR) is 48.8 cm³/mol. The van der Waals surface area contributed by atoms with Gasteiger partial charge in [-0.3, -0.25) is 0 Å². The zero-order valence-electron chi connectivity index (χ0n) is 6.74. The second-order valence-corrected chi connectivity index (χ2v) is 3.24. The molecule has 0 atom stereocenters. The zero-order chi connectivity index (χ0) is 7.66. The van der Waals surface area contributed by atoms with Crippen molar-refractivity contribution in [2.45, 2.75) is 32.1 Å². The first-order chi connectivity index (χ1) is 4.91. The van der Waals surface area contributed by atoms with Crippen LogP contribution in [0, 0.1) is 0 Å². The Morgan fingerprint density at radius 2 is 1.60 bits per heavy atom. The Kier molecular flexibility index (Phi) is 9.86. The van der Waals surface area contributed by atoms with E-state index in [1.165, 1.54) is 32.1 Å². The second kappa shape index (κ2) is 9.44. The van der Waals surface area contributed by atoms with Gasteiger partial charge < -0.3 is 4.74 Å². The number of ether oxygens (including phenoxy) is 1. The van der Waals surface area contributed by atoms with Crippen LogP contribution in [0.2, 0.25) is 0 Å². The SMILES string of the molecule is COCCCCCCCBr. The third-order valence-corrected chi connectivity index (χ3v) is 2.04. The molecule has 62 valence electrons. The summed E-state index contributed by atoms with van der Waals surface area (Å²) in [5.74, 6) is 0. The van der Waals surface area contributed by atoms with Gasteiger partial charge in [0.1, 0.15) is 0 Å². The van der Waals surface area contributed by atoms with E-state index in [1.54, 1.807) is 7.11 Å². The van der Waals surface area contributed by atoms with Gasteiger partial charge in [-0.2, -0.15) is 0 Å². The molecule has 0 rings (SSSR count). The number of rotatable bonds is 7. The highest BCUT2D eigenvalue weighted by molar-refractivity contribution is 9.09. The lowest BCUT2D eigenvalue weighted by molar-refractivity contribution is 0.192. The van der Waals surface area contributed by atoms with Gasteiger partial charge in [0.2, 0.25) is 0 Å². The first kappa shape index (κ1) is 10.4. The van der Waals surface area contributed by atoms with Crippen molar-refractivity contribution in [2.24, 2.45) is 0 Å². The molecular formula is C8H17BrO. The Morgan fingerprint density at radius 3 is 2.20 bits per heavy atom. The molecule has 0 N–H and O–H groups in total. The lowest BCUT2D eigenvalue weighted by Crippen LogP contribution is -1.88. The quantitative estimate of drug-likeness (QED) is 0.462. The fourth-order valence-corrected chi connectivity index (χ4v) is 1.27. The molecule has 10 heavy (non-hydrogen) atoms. The smallest absolute Gasteiger partial charge is 0.0462 e. The number of halogens is 1. The molecule has 0 spiro atoms. The molecule has 0 unspecified atom stereocenters. The Morgan fingerprint density at radius 1 is 1.00 bits per heavy atom. The highest BCUT2D eigenvalue weighted by Gasteiger charge is 1.88. The number of methoxy groups -OCH3 is 1. The Balaban J connectivity index is 2.65. The first-order valence-electron chi connectivity index (χ1n) is 3.96.